The van der Waals surface area contributed by atoms with Crippen LogP contribution in [0.1, 0.15) is 25.0 Å². The number of nitrogens with one attached hydrogen (secondary N) is 1. The highest BCUT2D eigenvalue weighted by Crippen LogP contribution is 2.34. The van der Waals surface area contributed by atoms with Crippen molar-refractivity contribution in [3.05, 3.63) is 35.5 Å². The second-order valence-electron chi connectivity index (χ2n) is 5.46. The molecule has 20 heavy (non-hydrogen) atoms. The molecule has 2 bridgehead atoms. The zero-order chi connectivity index (χ0) is 13.4. The summed E-state index contributed by atoms with van der Waals surface area (Å²) in [7, 11) is 0. The van der Waals surface area contributed by atoms with E-state index in [1.54, 1.807) is 17.5 Å². The van der Waals surface area contributed by atoms with Crippen molar-refractivity contribution in [1.82, 2.24) is 15.3 Å². The van der Waals surface area contributed by atoms with E-state index in [1.807, 2.05) is 18.2 Å². The Hall–Kier alpha value is -1.30. The fourth-order valence-corrected chi connectivity index (χ4v) is 3.88. The number of ether oxygens (including phenoxy) is 1. The fraction of sp³-hybridized carbons (Fsp3) is 0.467. The maximum absolute atomic E-state index is 5.86. The number of aromatic nitrogens is 2. The number of pyridine rings is 1. The Bertz CT molecular complexity index is 586. The molecule has 2 aliphatic heterocycles. The van der Waals surface area contributed by atoms with E-state index in [-0.39, 0.29) is 0 Å². The molecule has 4 nitrogen and oxygen atoms in total. The van der Waals surface area contributed by atoms with Gasteiger partial charge in [-0.1, -0.05) is 6.07 Å². The monoisotopic (exact) mass is 287 g/mol. The summed E-state index contributed by atoms with van der Waals surface area (Å²) in [6.45, 7) is 0.820. The lowest BCUT2D eigenvalue weighted by molar-refractivity contribution is 0.0972. The largest absolute Gasteiger partial charge is 0.373 e. The third-order valence-corrected chi connectivity index (χ3v) is 5.00. The number of nitrogens with zero attached hydrogens (tertiary/aromatic N) is 2. The molecule has 2 aromatic rings. The summed E-state index contributed by atoms with van der Waals surface area (Å²) in [5.74, 6) is 0. The highest BCUT2D eigenvalue weighted by molar-refractivity contribution is 7.13. The van der Waals surface area contributed by atoms with Gasteiger partial charge in [0.2, 0.25) is 0 Å². The molecule has 1 N–H and O–H groups in total. The van der Waals surface area contributed by atoms with E-state index in [1.165, 1.54) is 12.8 Å². The minimum absolute atomic E-state index is 0.425. The first-order valence-corrected chi connectivity index (χ1v) is 8.01. The van der Waals surface area contributed by atoms with Crippen LogP contribution in [0.3, 0.4) is 0 Å². The molecule has 0 aromatic carbocycles. The molecule has 2 fully saturated rings. The van der Waals surface area contributed by atoms with Crippen LogP contribution in [-0.4, -0.2) is 28.2 Å². The molecule has 2 saturated heterocycles. The molecule has 4 heterocycles. The van der Waals surface area contributed by atoms with Gasteiger partial charge in [0.1, 0.15) is 5.01 Å². The lowest BCUT2D eigenvalue weighted by Gasteiger charge is -2.19. The molecule has 4 rings (SSSR count). The summed E-state index contributed by atoms with van der Waals surface area (Å²) in [6, 6.07) is 6.43. The van der Waals surface area contributed by atoms with Gasteiger partial charge in [0, 0.05) is 24.2 Å². The van der Waals surface area contributed by atoms with E-state index in [9.17, 15) is 0 Å². The molecule has 0 aliphatic carbocycles. The third-order valence-electron chi connectivity index (χ3n) is 4.09. The van der Waals surface area contributed by atoms with Crippen LogP contribution in [0.5, 0.6) is 0 Å². The first kappa shape index (κ1) is 12.4. The van der Waals surface area contributed by atoms with Crippen molar-refractivity contribution in [2.24, 2.45) is 0 Å². The first-order valence-electron chi connectivity index (χ1n) is 7.13. The summed E-state index contributed by atoms with van der Waals surface area (Å²) in [5, 5.41) is 6.70. The molecule has 3 atom stereocenters. The van der Waals surface area contributed by atoms with Gasteiger partial charge in [-0.3, -0.25) is 4.98 Å². The average molecular weight is 287 g/mol. The minimum atomic E-state index is 0.425. The number of fused-ring (bicyclic) bond motifs is 2. The second kappa shape index (κ2) is 5.24. The van der Waals surface area contributed by atoms with Gasteiger partial charge in [-0.2, -0.15) is 0 Å². The Labute approximate surface area is 122 Å². The topological polar surface area (TPSA) is 47.0 Å². The molecule has 0 saturated carbocycles. The summed E-state index contributed by atoms with van der Waals surface area (Å²) in [6.07, 6.45) is 6.33. The van der Waals surface area contributed by atoms with E-state index in [0.717, 1.165) is 29.4 Å². The molecule has 0 radical (unpaired) electrons. The van der Waals surface area contributed by atoms with Crippen LogP contribution >= 0.6 is 11.3 Å². The predicted octanol–water partition coefficient (Wildman–Crippen LogP) is 2.61. The molecule has 0 amide bonds. The quantitative estimate of drug-likeness (QED) is 0.939. The Morgan fingerprint density at radius 3 is 3.10 bits per heavy atom. The van der Waals surface area contributed by atoms with Gasteiger partial charge in [-0.05, 0) is 31.4 Å². The van der Waals surface area contributed by atoms with Crippen LogP contribution in [0.2, 0.25) is 0 Å². The first-order chi connectivity index (χ1) is 9.88. The molecular weight excluding hydrogens is 270 g/mol. The highest BCUT2D eigenvalue weighted by Gasteiger charge is 2.40. The lowest BCUT2D eigenvalue weighted by atomic mass is 9.95. The van der Waals surface area contributed by atoms with E-state index < -0.39 is 0 Å². The molecule has 5 heteroatoms. The molecular formula is C15H17N3OS. The normalized spacial score (nSPS) is 28.1. The number of hydrogen-bond donors (Lipinski definition) is 1. The number of hydrogen-bond acceptors (Lipinski definition) is 5. The van der Waals surface area contributed by atoms with Gasteiger partial charge in [-0.25, -0.2) is 4.98 Å². The summed E-state index contributed by atoms with van der Waals surface area (Å²) < 4.78 is 5.86. The van der Waals surface area contributed by atoms with Gasteiger partial charge in [0.15, 0.2) is 0 Å². The maximum atomic E-state index is 5.86. The van der Waals surface area contributed by atoms with Crippen molar-refractivity contribution in [2.45, 2.75) is 44.1 Å². The van der Waals surface area contributed by atoms with Crippen molar-refractivity contribution in [3.8, 4) is 10.7 Å². The van der Waals surface area contributed by atoms with Crippen LogP contribution in [-0.2, 0) is 11.3 Å². The minimum Gasteiger partial charge on any atom is -0.373 e. The smallest absolute Gasteiger partial charge is 0.142 e. The maximum Gasteiger partial charge on any atom is 0.142 e. The Morgan fingerprint density at radius 1 is 1.35 bits per heavy atom. The number of rotatable bonds is 4. The standard InChI is InChI=1S/C15H17N3OS/c1-2-6-16-12(3-1)15-18-10(9-20-15)8-17-13-7-11-4-5-14(13)19-11/h1-3,6,9,11,13-14,17H,4-5,7-8H2. The van der Waals surface area contributed by atoms with Gasteiger partial charge in [-0.15, -0.1) is 11.3 Å². The fourth-order valence-electron chi connectivity index (χ4n) is 3.08. The van der Waals surface area contributed by atoms with Gasteiger partial charge < -0.3 is 10.1 Å². The van der Waals surface area contributed by atoms with Crippen molar-refractivity contribution >= 4 is 11.3 Å². The second-order valence-corrected chi connectivity index (χ2v) is 6.31. The Morgan fingerprint density at radius 2 is 2.35 bits per heavy atom. The summed E-state index contributed by atoms with van der Waals surface area (Å²) in [5.41, 5.74) is 2.05. The van der Waals surface area contributed by atoms with E-state index in [0.29, 0.717) is 18.2 Å². The highest BCUT2D eigenvalue weighted by atomic mass is 32.1. The summed E-state index contributed by atoms with van der Waals surface area (Å²) in [4.78, 5) is 8.99. The third kappa shape index (κ3) is 2.37. The van der Waals surface area contributed by atoms with Crippen LogP contribution < -0.4 is 5.32 Å². The van der Waals surface area contributed by atoms with Crippen LogP contribution in [0.4, 0.5) is 0 Å². The van der Waals surface area contributed by atoms with Crippen LogP contribution in [0.25, 0.3) is 10.7 Å². The van der Waals surface area contributed by atoms with Crippen molar-refractivity contribution < 1.29 is 4.74 Å². The van der Waals surface area contributed by atoms with Crippen LogP contribution in [0.15, 0.2) is 29.8 Å². The average Bonchev–Trinajstić information content (AvgIpc) is 3.22. The molecule has 2 aromatic heterocycles. The zero-order valence-corrected chi connectivity index (χ0v) is 12.0. The molecule has 3 unspecified atom stereocenters. The van der Waals surface area contributed by atoms with E-state index >= 15 is 0 Å². The van der Waals surface area contributed by atoms with E-state index in [4.69, 9.17) is 4.74 Å². The van der Waals surface area contributed by atoms with E-state index in [2.05, 4.69) is 20.7 Å². The van der Waals surface area contributed by atoms with Crippen molar-refractivity contribution in [1.29, 1.82) is 0 Å². The summed E-state index contributed by atoms with van der Waals surface area (Å²) >= 11 is 1.66. The van der Waals surface area contributed by atoms with Gasteiger partial charge in [0.25, 0.3) is 0 Å². The van der Waals surface area contributed by atoms with Crippen LogP contribution in [0, 0.1) is 0 Å². The molecule has 2 aliphatic rings. The molecule has 104 valence electrons. The van der Waals surface area contributed by atoms with Crippen molar-refractivity contribution in [2.75, 3.05) is 0 Å². The number of thiazole rings is 1. The molecule has 0 spiro atoms. The van der Waals surface area contributed by atoms with Gasteiger partial charge in [0.05, 0.1) is 23.6 Å². The SMILES string of the molecule is c1ccc(-c2nc(CNC3CC4CCC3O4)cs2)nc1. The van der Waals surface area contributed by atoms with Crippen molar-refractivity contribution in [3.63, 3.8) is 0 Å². The lowest BCUT2D eigenvalue weighted by Crippen LogP contribution is -2.37. The van der Waals surface area contributed by atoms with Gasteiger partial charge >= 0.3 is 0 Å². The predicted molar refractivity (Wildman–Crippen MR) is 78.5 cm³/mol. The zero-order valence-electron chi connectivity index (χ0n) is 11.2. The Balaban J connectivity index is 1.39. The Kier molecular flexibility index (Phi) is 3.26.